The zero-order valence-corrected chi connectivity index (χ0v) is 12.2. The molecule has 0 amide bonds. The molecule has 0 bridgehead atoms. The van der Waals surface area contributed by atoms with E-state index in [1.54, 1.807) is 59.1 Å². The van der Waals surface area contributed by atoms with Gasteiger partial charge in [-0.15, -0.1) is 6.42 Å². The van der Waals surface area contributed by atoms with Crippen LogP contribution in [0, 0.1) is 12.3 Å². The SMILES string of the molecule is C#CCOC(=O)c1cc(C(=O)c2ccccc2)n2ccccc12. The Bertz CT molecular complexity index is 917. The molecule has 112 valence electrons. The number of ether oxygens (including phenoxy) is 1. The molecule has 0 saturated heterocycles. The van der Waals surface area contributed by atoms with Gasteiger partial charge in [-0.1, -0.05) is 42.3 Å². The minimum absolute atomic E-state index is 0.106. The van der Waals surface area contributed by atoms with Crippen LogP contribution in [0.2, 0.25) is 0 Å². The first kappa shape index (κ1) is 14.6. The van der Waals surface area contributed by atoms with Crippen molar-refractivity contribution in [1.82, 2.24) is 4.40 Å². The molecule has 23 heavy (non-hydrogen) atoms. The molecule has 0 spiro atoms. The van der Waals surface area contributed by atoms with Crippen LogP contribution in [0.4, 0.5) is 0 Å². The maximum Gasteiger partial charge on any atom is 0.341 e. The summed E-state index contributed by atoms with van der Waals surface area (Å²) in [6, 6.07) is 15.8. The molecule has 2 heterocycles. The molecule has 0 atom stereocenters. The van der Waals surface area contributed by atoms with E-state index in [0.717, 1.165) is 0 Å². The maximum absolute atomic E-state index is 12.7. The quantitative estimate of drug-likeness (QED) is 0.423. The van der Waals surface area contributed by atoms with E-state index in [-0.39, 0.29) is 12.4 Å². The molecular formula is C19H13NO3. The van der Waals surface area contributed by atoms with E-state index >= 15 is 0 Å². The number of carbonyl (C=O) groups excluding carboxylic acids is 2. The van der Waals surface area contributed by atoms with Crippen LogP contribution in [0.15, 0.2) is 60.8 Å². The molecule has 0 aliphatic rings. The topological polar surface area (TPSA) is 47.8 Å². The standard InChI is InChI=1S/C19H13NO3/c1-2-12-23-19(22)15-13-17(20-11-7-6-10-16(15)20)18(21)14-8-4-3-5-9-14/h1,3-11,13H,12H2. The largest absolute Gasteiger partial charge is 0.449 e. The first-order chi connectivity index (χ1) is 11.2. The summed E-state index contributed by atoms with van der Waals surface area (Å²) in [6.07, 6.45) is 6.85. The highest BCUT2D eigenvalue weighted by Gasteiger charge is 2.20. The van der Waals surface area contributed by atoms with Gasteiger partial charge in [0.1, 0.15) is 0 Å². The number of rotatable bonds is 4. The Morgan fingerprint density at radius 3 is 2.57 bits per heavy atom. The first-order valence-electron chi connectivity index (χ1n) is 7.03. The summed E-state index contributed by atoms with van der Waals surface area (Å²) in [6.45, 7) is -0.106. The van der Waals surface area contributed by atoms with E-state index in [1.165, 1.54) is 0 Å². The van der Waals surface area contributed by atoms with Crippen LogP contribution in [-0.4, -0.2) is 22.8 Å². The molecule has 0 aliphatic heterocycles. The van der Waals surface area contributed by atoms with Crippen molar-refractivity contribution in [3.05, 3.63) is 77.6 Å². The lowest BCUT2D eigenvalue weighted by molar-refractivity contribution is 0.0559. The lowest BCUT2D eigenvalue weighted by Gasteiger charge is -2.02. The van der Waals surface area contributed by atoms with Crippen molar-refractivity contribution in [1.29, 1.82) is 0 Å². The van der Waals surface area contributed by atoms with E-state index in [2.05, 4.69) is 5.92 Å². The van der Waals surface area contributed by atoms with Crippen LogP contribution in [0.3, 0.4) is 0 Å². The maximum atomic E-state index is 12.7. The summed E-state index contributed by atoms with van der Waals surface area (Å²) >= 11 is 0. The van der Waals surface area contributed by atoms with Gasteiger partial charge in [-0.2, -0.15) is 0 Å². The number of terminal acetylenes is 1. The molecular weight excluding hydrogens is 290 g/mol. The number of hydrogen-bond acceptors (Lipinski definition) is 3. The summed E-state index contributed by atoms with van der Waals surface area (Å²) in [5.74, 6) is 1.55. The van der Waals surface area contributed by atoms with Crippen molar-refractivity contribution in [2.45, 2.75) is 0 Å². The van der Waals surface area contributed by atoms with Gasteiger partial charge >= 0.3 is 5.97 Å². The lowest BCUT2D eigenvalue weighted by Crippen LogP contribution is -2.04. The summed E-state index contributed by atoms with van der Waals surface area (Å²) in [4.78, 5) is 24.9. The number of benzene rings is 1. The van der Waals surface area contributed by atoms with E-state index in [0.29, 0.717) is 22.3 Å². The fraction of sp³-hybridized carbons (Fsp3) is 0.0526. The van der Waals surface area contributed by atoms with Crippen LogP contribution >= 0.6 is 0 Å². The predicted molar refractivity (Wildman–Crippen MR) is 86.4 cm³/mol. The molecule has 3 aromatic rings. The second-order valence-corrected chi connectivity index (χ2v) is 4.87. The van der Waals surface area contributed by atoms with Gasteiger partial charge in [-0.25, -0.2) is 4.79 Å². The lowest BCUT2D eigenvalue weighted by atomic mass is 10.1. The summed E-state index contributed by atoms with van der Waals surface area (Å²) < 4.78 is 6.67. The smallest absolute Gasteiger partial charge is 0.341 e. The van der Waals surface area contributed by atoms with Crippen LogP contribution in [-0.2, 0) is 4.74 Å². The van der Waals surface area contributed by atoms with Crippen molar-refractivity contribution >= 4 is 17.3 Å². The van der Waals surface area contributed by atoms with Crippen LogP contribution in [0.5, 0.6) is 0 Å². The summed E-state index contributed by atoms with van der Waals surface area (Å²) in [5, 5.41) is 0. The number of carbonyl (C=O) groups is 2. The summed E-state index contributed by atoms with van der Waals surface area (Å²) in [7, 11) is 0. The number of nitrogens with zero attached hydrogens (tertiary/aromatic N) is 1. The highest BCUT2D eigenvalue weighted by molar-refractivity contribution is 6.11. The van der Waals surface area contributed by atoms with Gasteiger partial charge in [0.25, 0.3) is 0 Å². The molecule has 0 N–H and O–H groups in total. The molecule has 0 aliphatic carbocycles. The van der Waals surface area contributed by atoms with Gasteiger partial charge in [0.05, 0.1) is 16.8 Å². The monoisotopic (exact) mass is 303 g/mol. The van der Waals surface area contributed by atoms with E-state index in [9.17, 15) is 9.59 Å². The van der Waals surface area contributed by atoms with Gasteiger partial charge in [-0.3, -0.25) is 4.79 Å². The average molecular weight is 303 g/mol. The van der Waals surface area contributed by atoms with Crippen molar-refractivity contribution in [3.8, 4) is 12.3 Å². The Hall–Kier alpha value is -3.32. The fourth-order valence-corrected chi connectivity index (χ4v) is 2.41. The minimum Gasteiger partial charge on any atom is -0.449 e. The Kier molecular flexibility index (Phi) is 3.94. The van der Waals surface area contributed by atoms with E-state index in [1.807, 2.05) is 6.07 Å². The highest BCUT2D eigenvalue weighted by atomic mass is 16.5. The number of hydrogen-bond donors (Lipinski definition) is 0. The number of aromatic nitrogens is 1. The van der Waals surface area contributed by atoms with Gasteiger partial charge in [0.15, 0.2) is 6.61 Å². The van der Waals surface area contributed by atoms with Crippen molar-refractivity contribution < 1.29 is 14.3 Å². The molecule has 1 aromatic carbocycles. The third kappa shape index (κ3) is 2.72. The zero-order chi connectivity index (χ0) is 16.2. The Morgan fingerprint density at radius 2 is 1.83 bits per heavy atom. The van der Waals surface area contributed by atoms with Gasteiger partial charge in [-0.05, 0) is 18.2 Å². The average Bonchev–Trinajstić information content (AvgIpc) is 2.99. The van der Waals surface area contributed by atoms with E-state index in [4.69, 9.17) is 11.2 Å². The minimum atomic E-state index is -0.543. The number of esters is 1. The highest BCUT2D eigenvalue weighted by Crippen LogP contribution is 2.20. The second-order valence-electron chi connectivity index (χ2n) is 4.87. The van der Waals surface area contributed by atoms with E-state index < -0.39 is 5.97 Å². The normalized spacial score (nSPS) is 10.2. The van der Waals surface area contributed by atoms with Crippen LogP contribution < -0.4 is 0 Å². The fourth-order valence-electron chi connectivity index (χ4n) is 2.41. The molecule has 0 saturated carbocycles. The molecule has 3 rings (SSSR count). The van der Waals surface area contributed by atoms with Crippen LogP contribution in [0.1, 0.15) is 26.4 Å². The van der Waals surface area contributed by atoms with Crippen molar-refractivity contribution in [3.63, 3.8) is 0 Å². The predicted octanol–water partition coefficient (Wildman–Crippen LogP) is 2.96. The molecule has 2 aromatic heterocycles. The molecule has 0 radical (unpaired) electrons. The van der Waals surface area contributed by atoms with Gasteiger partial charge in [0.2, 0.25) is 5.78 Å². The van der Waals surface area contributed by atoms with Crippen molar-refractivity contribution in [2.24, 2.45) is 0 Å². The zero-order valence-electron chi connectivity index (χ0n) is 12.2. The number of fused-ring (bicyclic) bond motifs is 1. The second kappa shape index (κ2) is 6.20. The Labute approximate surface area is 133 Å². The summed E-state index contributed by atoms with van der Waals surface area (Å²) in [5.41, 5.74) is 1.88. The molecule has 4 heteroatoms. The number of ketones is 1. The third-order valence-electron chi connectivity index (χ3n) is 3.45. The Morgan fingerprint density at radius 1 is 1.09 bits per heavy atom. The first-order valence-corrected chi connectivity index (χ1v) is 7.03. The molecule has 0 fully saturated rings. The number of pyridine rings is 1. The third-order valence-corrected chi connectivity index (χ3v) is 3.45. The van der Waals surface area contributed by atoms with Gasteiger partial charge in [0, 0.05) is 11.8 Å². The Balaban J connectivity index is 2.10. The van der Waals surface area contributed by atoms with Crippen LogP contribution in [0.25, 0.3) is 5.52 Å². The van der Waals surface area contributed by atoms with Gasteiger partial charge < -0.3 is 9.14 Å². The van der Waals surface area contributed by atoms with Crippen molar-refractivity contribution in [2.75, 3.05) is 6.61 Å². The molecule has 0 unspecified atom stereocenters. The molecule has 4 nitrogen and oxygen atoms in total.